The monoisotopic (exact) mass is 267 g/mol. The first kappa shape index (κ1) is 12.7. The molecule has 0 aromatic heterocycles. The lowest BCUT2D eigenvalue weighted by molar-refractivity contribution is 0.0999. The Morgan fingerprint density at radius 3 is 2.65 bits per heavy atom. The number of benzene rings is 2. The first-order chi connectivity index (χ1) is 9.84. The maximum absolute atomic E-state index is 12.4. The van der Waals surface area contributed by atoms with Gasteiger partial charge < -0.3 is 9.64 Å². The van der Waals surface area contributed by atoms with Gasteiger partial charge in [-0.2, -0.15) is 0 Å². The van der Waals surface area contributed by atoms with E-state index in [9.17, 15) is 4.79 Å². The van der Waals surface area contributed by atoms with E-state index in [0.717, 1.165) is 30.0 Å². The molecule has 1 heterocycles. The van der Waals surface area contributed by atoms with Crippen molar-refractivity contribution >= 4 is 11.5 Å². The Bertz CT molecular complexity index is 595. The fraction of sp³-hybridized carbons (Fsp3) is 0.235. The summed E-state index contributed by atoms with van der Waals surface area (Å²) < 4.78 is 5.71. The number of anilines is 1. The van der Waals surface area contributed by atoms with E-state index in [4.69, 9.17) is 4.74 Å². The van der Waals surface area contributed by atoms with E-state index in [1.807, 2.05) is 54.6 Å². The van der Waals surface area contributed by atoms with Crippen LogP contribution in [0.2, 0.25) is 0 Å². The molecule has 0 bridgehead atoms. The Morgan fingerprint density at radius 2 is 1.80 bits per heavy atom. The highest BCUT2D eigenvalue weighted by atomic mass is 16.5. The summed E-state index contributed by atoms with van der Waals surface area (Å²) in [6.45, 7) is 1.94. The molecule has 20 heavy (non-hydrogen) atoms. The lowest BCUT2D eigenvalue weighted by Crippen LogP contribution is -2.30. The van der Waals surface area contributed by atoms with Gasteiger partial charge >= 0.3 is 0 Å². The van der Waals surface area contributed by atoms with Gasteiger partial charge in [-0.3, -0.25) is 4.79 Å². The van der Waals surface area contributed by atoms with Crippen LogP contribution in [0.15, 0.2) is 54.6 Å². The zero-order valence-electron chi connectivity index (χ0n) is 11.3. The van der Waals surface area contributed by atoms with Crippen molar-refractivity contribution in [1.29, 1.82) is 0 Å². The van der Waals surface area contributed by atoms with Crippen LogP contribution in [0.25, 0.3) is 0 Å². The highest BCUT2D eigenvalue weighted by Gasteiger charge is 2.18. The van der Waals surface area contributed by atoms with Crippen LogP contribution in [-0.4, -0.2) is 25.5 Å². The SMILES string of the molecule is O=C(CN1CCCOc2ccccc21)c1ccccc1. The molecule has 0 saturated heterocycles. The predicted molar refractivity (Wildman–Crippen MR) is 79.5 cm³/mol. The van der Waals surface area contributed by atoms with Gasteiger partial charge in [-0.05, 0) is 18.6 Å². The molecule has 0 N–H and O–H groups in total. The second kappa shape index (κ2) is 5.78. The van der Waals surface area contributed by atoms with E-state index in [0.29, 0.717) is 13.2 Å². The fourth-order valence-electron chi connectivity index (χ4n) is 2.45. The van der Waals surface area contributed by atoms with Crippen molar-refractivity contribution < 1.29 is 9.53 Å². The van der Waals surface area contributed by atoms with Gasteiger partial charge in [-0.1, -0.05) is 42.5 Å². The number of Topliss-reactive ketones (excluding diaryl/α,β-unsaturated/α-hetero) is 1. The van der Waals surface area contributed by atoms with Gasteiger partial charge in [0.25, 0.3) is 0 Å². The van der Waals surface area contributed by atoms with Crippen LogP contribution in [-0.2, 0) is 0 Å². The standard InChI is InChI=1S/C17H17NO2/c19-16(14-7-2-1-3-8-14)13-18-11-6-12-20-17-10-5-4-9-15(17)18/h1-5,7-10H,6,11-13H2. The van der Waals surface area contributed by atoms with Crippen LogP contribution in [0.5, 0.6) is 5.75 Å². The van der Waals surface area contributed by atoms with Crippen molar-refractivity contribution in [3.8, 4) is 5.75 Å². The van der Waals surface area contributed by atoms with Crippen molar-refractivity contribution in [2.45, 2.75) is 6.42 Å². The summed E-state index contributed by atoms with van der Waals surface area (Å²) in [6.07, 6.45) is 0.927. The van der Waals surface area contributed by atoms with E-state index in [-0.39, 0.29) is 5.78 Å². The number of hydrogen-bond donors (Lipinski definition) is 0. The second-order valence-electron chi connectivity index (χ2n) is 4.88. The first-order valence-corrected chi connectivity index (χ1v) is 6.89. The Kier molecular flexibility index (Phi) is 3.68. The van der Waals surface area contributed by atoms with E-state index in [1.54, 1.807) is 0 Å². The number of nitrogens with zero attached hydrogens (tertiary/aromatic N) is 1. The average molecular weight is 267 g/mol. The van der Waals surface area contributed by atoms with Crippen LogP contribution in [0.4, 0.5) is 5.69 Å². The number of hydrogen-bond acceptors (Lipinski definition) is 3. The number of ether oxygens (including phenoxy) is 1. The van der Waals surface area contributed by atoms with Crippen molar-refractivity contribution in [2.75, 3.05) is 24.6 Å². The highest BCUT2D eigenvalue weighted by Crippen LogP contribution is 2.30. The molecular formula is C17H17NO2. The molecule has 0 amide bonds. The average Bonchev–Trinajstić information content (AvgIpc) is 2.71. The van der Waals surface area contributed by atoms with E-state index < -0.39 is 0 Å². The van der Waals surface area contributed by atoms with Crippen LogP contribution in [0.1, 0.15) is 16.8 Å². The number of ketones is 1. The molecule has 3 rings (SSSR count). The molecule has 1 aliphatic heterocycles. The number of rotatable bonds is 3. The smallest absolute Gasteiger partial charge is 0.182 e. The van der Waals surface area contributed by atoms with E-state index >= 15 is 0 Å². The zero-order chi connectivity index (χ0) is 13.8. The summed E-state index contributed by atoms with van der Waals surface area (Å²) in [5.74, 6) is 1.01. The Balaban J connectivity index is 1.82. The molecule has 102 valence electrons. The van der Waals surface area contributed by atoms with E-state index in [1.165, 1.54) is 0 Å². The third-order valence-corrected chi connectivity index (χ3v) is 3.47. The number of fused-ring (bicyclic) bond motifs is 1. The van der Waals surface area contributed by atoms with Gasteiger partial charge in [0.2, 0.25) is 0 Å². The van der Waals surface area contributed by atoms with Crippen LogP contribution < -0.4 is 9.64 Å². The number of carbonyl (C=O) groups is 1. The summed E-state index contributed by atoms with van der Waals surface area (Å²) >= 11 is 0. The molecule has 0 fully saturated rings. The third kappa shape index (κ3) is 2.67. The van der Waals surface area contributed by atoms with Gasteiger partial charge in [-0.15, -0.1) is 0 Å². The molecule has 2 aromatic carbocycles. The summed E-state index contributed by atoms with van der Waals surface area (Å²) in [4.78, 5) is 14.5. The number of carbonyl (C=O) groups excluding carboxylic acids is 1. The minimum atomic E-state index is 0.141. The van der Waals surface area contributed by atoms with Crippen molar-refractivity contribution in [3.63, 3.8) is 0 Å². The lowest BCUT2D eigenvalue weighted by Gasteiger charge is -2.22. The predicted octanol–water partition coefficient (Wildman–Crippen LogP) is 3.16. The third-order valence-electron chi connectivity index (χ3n) is 3.47. The first-order valence-electron chi connectivity index (χ1n) is 6.89. The molecule has 2 aromatic rings. The topological polar surface area (TPSA) is 29.5 Å². The quantitative estimate of drug-likeness (QED) is 0.800. The van der Waals surface area contributed by atoms with Crippen LogP contribution in [0.3, 0.4) is 0 Å². The minimum absolute atomic E-state index is 0.141. The van der Waals surface area contributed by atoms with Crippen molar-refractivity contribution in [1.82, 2.24) is 0 Å². The molecule has 0 spiro atoms. The Labute approximate surface area is 118 Å². The van der Waals surface area contributed by atoms with Gasteiger partial charge in [0.15, 0.2) is 5.78 Å². The maximum Gasteiger partial charge on any atom is 0.182 e. The summed E-state index contributed by atoms with van der Waals surface area (Å²) in [5.41, 5.74) is 1.77. The molecule has 3 nitrogen and oxygen atoms in total. The van der Waals surface area contributed by atoms with Gasteiger partial charge in [0.1, 0.15) is 5.75 Å². The largest absolute Gasteiger partial charge is 0.491 e. The van der Waals surface area contributed by atoms with E-state index in [2.05, 4.69) is 4.90 Å². The molecule has 0 radical (unpaired) electrons. The molecular weight excluding hydrogens is 250 g/mol. The minimum Gasteiger partial charge on any atom is -0.491 e. The normalized spacial score (nSPS) is 14.1. The molecule has 3 heteroatoms. The highest BCUT2D eigenvalue weighted by molar-refractivity contribution is 5.99. The van der Waals surface area contributed by atoms with Crippen LogP contribution >= 0.6 is 0 Å². The molecule has 0 saturated carbocycles. The van der Waals surface area contributed by atoms with Gasteiger partial charge in [-0.25, -0.2) is 0 Å². The summed E-state index contributed by atoms with van der Waals surface area (Å²) in [6, 6.07) is 17.4. The molecule has 1 aliphatic rings. The lowest BCUT2D eigenvalue weighted by atomic mass is 10.1. The van der Waals surface area contributed by atoms with Gasteiger partial charge in [0.05, 0.1) is 18.8 Å². The van der Waals surface area contributed by atoms with Crippen molar-refractivity contribution in [3.05, 3.63) is 60.2 Å². The maximum atomic E-state index is 12.4. The van der Waals surface area contributed by atoms with Gasteiger partial charge in [0, 0.05) is 12.1 Å². The number of para-hydroxylation sites is 2. The Hall–Kier alpha value is -2.29. The molecule has 0 unspecified atom stereocenters. The zero-order valence-corrected chi connectivity index (χ0v) is 11.3. The van der Waals surface area contributed by atoms with Crippen molar-refractivity contribution in [2.24, 2.45) is 0 Å². The fourth-order valence-corrected chi connectivity index (χ4v) is 2.45. The summed E-state index contributed by atoms with van der Waals surface area (Å²) in [7, 11) is 0. The Morgan fingerprint density at radius 1 is 1.05 bits per heavy atom. The molecule has 0 atom stereocenters. The molecule has 0 aliphatic carbocycles. The summed E-state index contributed by atoms with van der Waals surface area (Å²) in [5, 5.41) is 0. The van der Waals surface area contributed by atoms with Crippen LogP contribution in [0, 0.1) is 0 Å². The second-order valence-corrected chi connectivity index (χ2v) is 4.88.